The van der Waals surface area contributed by atoms with E-state index in [2.05, 4.69) is 16.7 Å². The maximum Gasteiger partial charge on any atom is 0.203 e. The number of nitrogens with zero attached hydrogens (tertiary/aromatic N) is 4. The SMILES string of the molecule is CCc1cccc(-n2ncc3ccc(-c4cccc([C@](O)(N[S+]([O-])C(C)(C)C)C5CC(O)C5)n4)cc32)n1. The van der Waals surface area contributed by atoms with E-state index in [0.717, 1.165) is 34.4 Å². The summed E-state index contributed by atoms with van der Waals surface area (Å²) in [5.41, 5.74) is 2.16. The monoisotopic (exact) mass is 519 g/mol. The second-order valence-corrected chi connectivity index (χ2v) is 12.6. The summed E-state index contributed by atoms with van der Waals surface area (Å²) in [5.74, 6) is 0.442. The van der Waals surface area contributed by atoms with E-state index in [9.17, 15) is 14.8 Å². The predicted molar refractivity (Wildman–Crippen MR) is 145 cm³/mol. The second kappa shape index (κ2) is 9.81. The van der Waals surface area contributed by atoms with Gasteiger partial charge in [-0.2, -0.15) is 5.10 Å². The summed E-state index contributed by atoms with van der Waals surface area (Å²) < 4.78 is 17.2. The lowest BCUT2D eigenvalue weighted by Gasteiger charge is -2.44. The third-order valence-electron chi connectivity index (χ3n) is 6.89. The first-order valence-electron chi connectivity index (χ1n) is 12.6. The fourth-order valence-electron chi connectivity index (χ4n) is 4.52. The largest absolute Gasteiger partial charge is 0.598 e. The molecule has 1 aliphatic rings. The van der Waals surface area contributed by atoms with Crippen molar-refractivity contribution in [2.24, 2.45) is 5.92 Å². The molecule has 1 unspecified atom stereocenters. The molecule has 0 amide bonds. The van der Waals surface area contributed by atoms with Crippen LogP contribution in [0, 0.1) is 5.92 Å². The lowest BCUT2D eigenvalue weighted by atomic mass is 9.74. The summed E-state index contributed by atoms with van der Waals surface area (Å²) in [7, 11) is 0. The Morgan fingerprint density at radius 1 is 1.08 bits per heavy atom. The van der Waals surface area contributed by atoms with E-state index < -0.39 is 27.9 Å². The lowest BCUT2D eigenvalue weighted by Crippen LogP contribution is -2.59. The molecule has 1 saturated carbocycles. The Labute approximate surface area is 220 Å². The molecule has 3 aromatic heterocycles. The second-order valence-electron chi connectivity index (χ2n) is 10.7. The number of hydrogen-bond acceptors (Lipinski definition) is 7. The first kappa shape index (κ1) is 25.8. The van der Waals surface area contributed by atoms with Crippen LogP contribution in [0.2, 0.25) is 0 Å². The summed E-state index contributed by atoms with van der Waals surface area (Å²) in [4.78, 5) is 9.54. The Bertz CT molecular complexity index is 1410. The van der Waals surface area contributed by atoms with E-state index in [1.807, 2.05) is 80.2 Å². The first-order valence-corrected chi connectivity index (χ1v) is 13.8. The molecular formula is C28H33N5O3S. The number of nitrogens with one attached hydrogen (secondary N) is 1. The molecule has 37 heavy (non-hydrogen) atoms. The van der Waals surface area contributed by atoms with Crippen LogP contribution in [-0.4, -0.2) is 45.4 Å². The molecule has 5 rings (SSSR count). The van der Waals surface area contributed by atoms with Crippen molar-refractivity contribution in [3.63, 3.8) is 0 Å². The average Bonchev–Trinajstić information content (AvgIpc) is 3.29. The van der Waals surface area contributed by atoms with E-state index in [0.29, 0.717) is 24.2 Å². The van der Waals surface area contributed by atoms with Gasteiger partial charge in [0, 0.05) is 33.9 Å². The van der Waals surface area contributed by atoms with Gasteiger partial charge < -0.3 is 14.8 Å². The normalized spacial score (nSPS) is 20.4. The number of aliphatic hydroxyl groups excluding tert-OH is 1. The Balaban J connectivity index is 1.54. The maximum atomic E-state index is 13.0. The molecule has 0 radical (unpaired) electrons. The highest BCUT2D eigenvalue weighted by molar-refractivity contribution is 7.90. The van der Waals surface area contributed by atoms with Crippen molar-refractivity contribution in [3.8, 4) is 17.1 Å². The van der Waals surface area contributed by atoms with E-state index >= 15 is 0 Å². The fraction of sp³-hybridized carbons (Fsp3) is 0.393. The van der Waals surface area contributed by atoms with Crippen LogP contribution in [0.15, 0.2) is 60.8 Å². The van der Waals surface area contributed by atoms with Gasteiger partial charge in [-0.15, -0.1) is 4.72 Å². The first-order chi connectivity index (χ1) is 17.6. The van der Waals surface area contributed by atoms with E-state index in [-0.39, 0.29) is 5.92 Å². The summed E-state index contributed by atoms with van der Waals surface area (Å²) in [6.45, 7) is 7.61. The Hall–Kier alpha value is -2.82. The maximum absolute atomic E-state index is 13.0. The molecule has 0 spiro atoms. The minimum Gasteiger partial charge on any atom is -0.598 e. The fourth-order valence-corrected chi connectivity index (χ4v) is 5.38. The van der Waals surface area contributed by atoms with Crippen LogP contribution < -0.4 is 4.72 Å². The van der Waals surface area contributed by atoms with Gasteiger partial charge in [-0.25, -0.2) is 14.6 Å². The Morgan fingerprint density at radius 2 is 1.84 bits per heavy atom. The van der Waals surface area contributed by atoms with Crippen molar-refractivity contribution in [1.82, 2.24) is 24.5 Å². The number of aryl methyl sites for hydroxylation is 1. The number of benzene rings is 1. The van der Waals surface area contributed by atoms with Crippen LogP contribution in [-0.2, 0) is 23.5 Å². The molecule has 1 fully saturated rings. The van der Waals surface area contributed by atoms with Crippen LogP contribution in [0.5, 0.6) is 0 Å². The number of aromatic nitrogens is 4. The molecular weight excluding hydrogens is 486 g/mol. The number of hydrogen-bond donors (Lipinski definition) is 3. The standard InChI is InChI=1S/C28H33N5O3S/c1-5-21-8-6-11-26(30-21)33-24-14-18(12-13-19(24)17-29-33)23-9-7-10-25(31-23)28(35,20-15-22(34)16-20)32-37(36)27(2,3)4/h6-14,17,20,22,32,34-35H,5,15-16H2,1-4H3/t20?,22?,28-,37?/m0/s1. The molecule has 1 aliphatic carbocycles. The lowest BCUT2D eigenvalue weighted by molar-refractivity contribution is -0.113. The van der Waals surface area contributed by atoms with Crippen molar-refractivity contribution in [2.75, 3.05) is 0 Å². The number of rotatable bonds is 7. The van der Waals surface area contributed by atoms with Crippen molar-refractivity contribution >= 4 is 22.3 Å². The van der Waals surface area contributed by atoms with Crippen LogP contribution in [0.1, 0.15) is 51.9 Å². The molecule has 9 heteroatoms. The molecule has 8 nitrogen and oxygen atoms in total. The molecule has 0 bridgehead atoms. The zero-order chi connectivity index (χ0) is 26.4. The Morgan fingerprint density at radius 3 is 2.54 bits per heavy atom. The molecule has 3 N–H and O–H groups in total. The topological polar surface area (TPSA) is 119 Å². The average molecular weight is 520 g/mol. The summed E-state index contributed by atoms with van der Waals surface area (Å²) in [5, 5.41) is 27.3. The van der Waals surface area contributed by atoms with Gasteiger partial charge in [-0.1, -0.05) is 31.2 Å². The van der Waals surface area contributed by atoms with Gasteiger partial charge in [0.1, 0.15) is 4.75 Å². The zero-order valence-corrected chi connectivity index (χ0v) is 22.4. The van der Waals surface area contributed by atoms with Gasteiger partial charge in [0.15, 0.2) is 5.82 Å². The van der Waals surface area contributed by atoms with Gasteiger partial charge in [-0.3, -0.25) is 0 Å². The smallest absolute Gasteiger partial charge is 0.203 e. The highest BCUT2D eigenvalue weighted by atomic mass is 32.2. The minimum absolute atomic E-state index is 0.308. The molecule has 0 saturated heterocycles. The summed E-state index contributed by atoms with van der Waals surface area (Å²) >= 11 is -1.54. The van der Waals surface area contributed by atoms with Crippen molar-refractivity contribution in [2.45, 2.75) is 63.5 Å². The van der Waals surface area contributed by atoms with E-state index in [1.165, 1.54) is 0 Å². The van der Waals surface area contributed by atoms with Gasteiger partial charge in [0.25, 0.3) is 0 Å². The molecule has 0 aliphatic heterocycles. The van der Waals surface area contributed by atoms with E-state index in [4.69, 9.17) is 9.97 Å². The number of aliphatic hydroxyl groups is 2. The predicted octanol–water partition coefficient (Wildman–Crippen LogP) is 4.01. The van der Waals surface area contributed by atoms with Crippen molar-refractivity contribution in [3.05, 3.63) is 72.2 Å². The number of pyridine rings is 2. The quantitative estimate of drug-likeness (QED) is 0.249. The zero-order valence-electron chi connectivity index (χ0n) is 21.5. The van der Waals surface area contributed by atoms with Crippen molar-refractivity contribution in [1.29, 1.82) is 0 Å². The van der Waals surface area contributed by atoms with Gasteiger partial charge in [-0.05, 0) is 70.4 Å². The van der Waals surface area contributed by atoms with Crippen LogP contribution in [0.25, 0.3) is 28.0 Å². The van der Waals surface area contributed by atoms with E-state index in [1.54, 1.807) is 6.07 Å². The molecule has 194 valence electrons. The highest BCUT2D eigenvalue weighted by Crippen LogP contribution is 2.42. The van der Waals surface area contributed by atoms with Crippen LogP contribution in [0.3, 0.4) is 0 Å². The molecule has 2 atom stereocenters. The van der Waals surface area contributed by atoms with Crippen LogP contribution in [0.4, 0.5) is 0 Å². The highest BCUT2D eigenvalue weighted by Gasteiger charge is 2.51. The van der Waals surface area contributed by atoms with Crippen LogP contribution >= 0.6 is 0 Å². The summed E-state index contributed by atoms with van der Waals surface area (Å²) in [6, 6.07) is 17.4. The summed E-state index contributed by atoms with van der Waals surface area (Å²) in [6.07, 6.45) is 2.99. The van der Waals surface area contributed by atoms with Gasteiger partial charge in [0.2, 0.25) is 5.72 Å². The van der Waals surface area contributed by atoms with Crippen molar-refractivity contribution < 1.29 is 14.8 Å². The van der Waals surface area contributed by atoms with Gasteiger partial charge in [0.05, 0.1) is 29.2 Å². The molecule has 3 heterocycles. The molecule has 4 aromatic rings. The third kappa shape index (κ3) is 5.02. The Kier molecular flexibility index (Phi) is 6.84. The molecule has 1 aromatic carbocycles. The third-order valence-corrected chi connectivity index (χ3v) is 8.50. The minimum atomic E-state index is -1.64. The number of fused-ring (bicyclic) bond motifs is 1. The van der Waals surface area contributed by atoms with Gasteiger partial charge >= 0.3 is 0 Å².